The minimum atomic E-state index is -0.260. The number of carbonyl (C=O) groups is 1. The molecule has 6 nitrogen and oxygen atoms in total. The van der Waals surface area contributed by atoms with Crippen molar-refractivity contribution in [2.45, 2.75) is 26.5 Å². The van der Waals surface area contributed by atoms with Gasteiger partial charge in [0, 0.05) is 30.6 Å². The van der Waals surface area contributed by atoms with Gasteiger partial charge in [-0.2, -0.15) is 0 Å². The normalized spacial score (nSPS) is 14.7. The minimum absolute atomic E-state index is 0.189. The van der Waals surface area contributed by atoms with Gasteiger partial charge in [0.15, 0.2) is 0 Å². The number of carbonyl (C=O) groups excluding carboxylic acids is 1. The van der Waals surface area contributed by atoms with E-state index in [4.69, 9.17) is 18.6 Å². The molecule has 0 atom stereocenters. The SMILES string of the molecule is CCOC(=O)Cc1coc2ccc(OCc3ccc(CN4CCOCC4)cc3)cc12. The van der Waals surface area contributed by atoms with Crippen LogP contribution in [0.4, 0.5) is 0 Å². The zero-order valence-corrected chi connectivity index (χ0v) is 17.3. The number of furan rings is 1. The van der Waals surface area contributed by atoms with Crippen LogP contribution in [0.1, 0.15) is 23.6 Å². The smallest absolute Gasteiger partial charge is 0.310 e. The van der Waals surface area contributed by atoms with E-state index in [9.17, 15) is 4.79 Å². The first-order chi connectivity index (χ1) is 14.7. The molecule has 1 fully saturated rings. The average molecular weight is 409 g/mol. The van der Waals surface area contributed by atoms with Crippen LogP contribution in [-0.2, 0) is 33.8 Å². The first-order valence-electron chi connectivity index (χ1n) is 10.4. The standard InChI is InChI=1S/C24H27NO5/c1-2-28-24(26)13-20-17-30-23-8-7-21(14-22(20)23)29-16-19-5-3-18(4-6-19)15-25-9-11-27-12-10-25/h3-8,14,17H,2,9-13,15-16H2,1H3. The van der Waals surface area contributed by atoms with Crippen LogP contribution in [-0.4, -0.2) is 43.8 Å². The quantitative estimate of drug-likeness (QED) is 0.525. The Kier molecular flexibility index (Phi) is 6.67. The third-order valence-electron chi connectivity index (χ3n) is 5.20. The highest BCUT2D eigenvalue weighted by Crippen LogP contribution is 2.27. The number of ether oxygens (including phenoxy) is 3. The molecule has 1 aromatic heterocycles. The fraction of sp³-hybridized carbons (Fsp3) is 0.375. The molecule has 0 N–H and O–H groups in total. The maximum atomic E-state index is 11.8. The van der Waals surface area contributed by atoms with Crippen LogP contribution < -0.4 is 4.74 Å². The van der Waals surface area contributed by atoms with Crippen molar-refractivity contribution in [2.24, 2.45) is 0 Å². The van der Waals surface area contributed by atoms with E-state index in [-0.39, 0.29) is 12.4 Å². The Morgan fingerprint density at radius 1 is 1.07 bits per heavy atom. The van der Waals surface area contributed by atoms with E-state index in [0.29, 0.717) is 13.2 Å². The van der Waals surface area contributed by atoms with Gasteiger partial charge in [-0.1, -0.05) is 24.3 Å². The van der Waals surface area contributed by atoms with Gasteiger partial charge < -0.3 is 18.6 Å². The second-order valence-corrected chi connectivity index (χ2v) is 7.39. The van der Waals surface area contributed by atoms with Crippen LogP contribution in [0.25, 0.3) is 11.0 Å². The summed E-state index contributed by atoms with van der Waals surface area (Å²) in [6, 6.07) is 14.2. The number of hydrogen-bond donors (Lipinski definition) is 0. The number of benzene rings is 2. The molecule has 0 bridgehead atoms. The van der Waals surface area contributed by atoms with Crippen LogP contribution in [0.2, 0.25) is 0 Å². The van der Waals surface area contributed by atoms with Crippen molar-refractivity contribution in [3.8, 4) is 5.75 Å². The fourth-order valence-corrected chi connectivity index (χ4v) is 3.58. The highest BCUT2D eigenvalue weighted by molar-refractivity contribution is 5.86. The first kappa shape index (κ1) is 20.4. The second-order valence-electron chi connectivity index (χ2n) is 7.39. The lowest BCUT2D eigenvalue weighted by atomic mass is 10.1. The molecule has 6 heteroatoms. The van der Waals surface area contributed by atoms with Gasteiger partial charge in [0.05, 0.1) is 32.5 Å². The Morgan fingerprint density at radius 2 is 1.83 bits per heavy atom. The van der Waals surface area contributed by atoms with Gasteiger partial charge >= 0.3 is 5.97 Å². The topological polar surface area (TPSA) is 61.1 Å². The van der Waals surface area contributed by atoms with Gasteiger partial charge in [0.2, 0.25) is 0 Å². The van der Waals surface area contributed by atoms with Crippen LogP contribution in [0.3, 0.4) is 0 Å². The van der Waals surface area contributed by atoms with E-state index < -0.39 is 0 Å². The number of esters is 1. The molecule has 0 amide bonds. The van der Waals surface area contributed by atoms with Crippen molar-refractivity contribution in [2.75, 3.05) is 32.9 Å². The summed E-state index contributed by atoms with van der Waals surface area (Å²) in [6.45, 7) is 7.20. The molecule has 0 aliphatic carbocycles. The molecule has 30 heavy (non-hydrogen) atoms. The minimum Gasteiger partial charge on any atom is -0.489 e. The van der Waals surface area contributed by atoms with Crippen LogP contribution in [0, 0.1) is 0 Å². The predicted molar refractivity (Wildman–Crippen MR) is 113 cm³/mol. The van der Waals surface area contributed by atoms with Gasteiger partial charge in [-0.15, -0.1) is 0 Å². The predicted octanol–water partition coefficient (Wildman–Crippen LogP) is 3.95. The molecular formula is C24H27NO5. The number of hydrogen-bond acceptors (Lipinski definition) is 6. The van der Waals surface area contributed by atoms with Gasteiger partial charge in [0.1, 0.15) is 17.9 Å². The molecule has 2 aromatic carbocycles. The van der Waals surface area contributed by atoms with Gasteiger partial charge in [0.25, 0.3) is 0 Å². The Bertz CT molecular complexity index is 973. The van der Waals surface area contributed by atoms with Crippen molar-refractivity contribution in [1.82, 2.24) is 4.90 Å². The van der Waals surface area contributed by atoms with E-state index in [1.54, 1.807) is 13.2 Å². The van der Waals surface area contributed by atoms with Crippen LogP contribution >= 0.6 is 0 Å². The maximum Gasteiger partial charge on any atom is 0.310 e. The average Bonchev–Trinajstić information content (AvgIpc) is 3.16. The molecule has 0 unspecified atom stereocenters. The van der Waals surface area contributed by atoms with Gasteiger partial charge in [-0.25, -0.2) is 0 Å². The summed E-state index contributed by atoms with van der Waals surface area (Å²) in [7, 11) is 0. The Morgan fingerprint density at radius 3 is 2.60 bits per heavy atom. The summed E-state index contributed by atoms with van der Waals surface area (Å²) in [5, 5.41) is 0.876. The molecule has 0 radical (unpaired) electrons. The lowest BCUT2D eigenvalue weighted by Gasteiger charge is -2.26. The molecule has 158 valence electrons. The second kappa shape index (κ2) is 9.78. The van der Waals surface area contributed by atoms with E-state index in [2.05, 4.69) is 29.2 Å². The molecule has 1 aliphatic rings. The molecule has 4 rings (SSSR count). The summed E-state index contributed by atoms with van der Waals surface area (Å²) in [5.41, 5.74) is 3.94. The van der Waals surface area contributed by atoms with E-state index in [1.807, 2.05) is 18.2 Å². The number of nitrogens with zero attached hydrogens (tertiary/aromatic N) is 1. The van der Waals surface area contributed by atoms with E-state index >= 15 is 0 Å². The maximum absolute atomic E-state index is 11.8. The largest absolute Gasteiger partial charge is 0.489 e. The molecule has 0 spiro atoms. The van der Waals surface area contributed by atoms with Gasteiger partial charge in [-0.05, 0) is 36.2 Å². The third-order valence-corrected chi connectivity index (χ3v) is 5.20. The Hall–Kier alpha value is -2.83. The molecule has 1 aliphatic heterocycles. The van der Waals surface area contributed by atoms with Crippen molar-refractivity contribution < 1.29 is 23.4 Å². The zero-order chi connectivity index (χ0) is 20.8. The fourth-order valence-electron chi connectivity index (χ4n) is 3.58. The summed E-state index contributed by atoms with van der Waals surface area (Å²) in [5.74, 6) is 0.482. The third kappa shape index (κ3) is 5.20. The Labute approximate surface area is 176 Å². The Balaban J connectivity index is 1.36. The summed E-state index contributed by atoms with van der Waals surface area (Å²) in [6.07, 6.45) is 1.80. The zero-order valence-electron chi connectivity index (χ0n) is 17.3. The molecule has 2 heterocycles. The highest BCUT2D eigenvalue weighted by atomic mass is 16.5. The van der Waals surface area contributed by atoms with Crippen molar-refractivity contribution in [3.63, 3.8) is 0 Å². The van der Waals surface area contributed by atoms with E-state index in [1.165, 1.54) is 5.56 Å². The lowest BCUT2D eigenvalue weighted by Crippen LogP contribution is -2.35. The molecular weight excluding hydrogens is 382 g/mol. The first-order valence-corrected chi connectivity index (χ1v) is 10.4. The lowest BCUT2D eigenvalue weighted by molar-refractivity contribution is -0.142. The number of morpholine rings is 1. The summed E-state index contributed by atoms with van der Waals surface area (Å²) >= 11 is 0. The number of fused-ring (bicyclic) bond motifs is 1. The summed E-state index contributed by atoms with van der Waals surface area (Å²) in [4.78, 5) is 14.2. The van der Waals surface area contributed by atoms with Gasteiger partial charge in [-0.3, -0.25) is 9.69 Å². The van der Waals surface area contributed by atoms with Crippen LogP contribution in [0.5, 0.6) is 5.75 Å². The molecule has 3 aromatic rings. The molecule has 1 saturated heterocycles. The monoisotopic (exact) mass is 409 g/mol. The molecule has 0 saturated carbocycles. The highest BCUT2D eigenvalue weighted by Gasteiger charge is 2.13. The van der Waals surface area contributed by atoms with Crippen molar-refractivity contribution in [1.29, 1.82) is 0 Å². The van der Waals surface area contributed by atoms with Crippen LogP contribution in [0.15, 0.2) is 53.1 Å². The number of rotatable bonds is 8. The van der Waals surface area contributed by atoms with Crippen molar-refractivity contribution >= 4 is 16.9 Å². The van der Waals surface area contributed by atoms with Crippen molar-refractivity contribution in [3.05, 3.63) is 65.4 Å². The van der Waals surface area contributed by atoms with E-state index in [0.717, 1.165) is 60.7 Å². The summed E-state index contributed by atoms with van der Waals surface area (Å²) < 4.78 is 22.0.